The normalized spacial score (nSPS) is 17.8. The Bertz CT molecular complexity index is 428. The van der Waals surface area contributed by atoms with Gasteiger partial charge in [0.05, 0.1) is 12.7 Å². The van der Waals surface area contributed by atoms with Crippen LogP contribution in [0.5, 0.6) is 0 Å². The Morgan fingerprint density at radius 3 is 2.84 bits per heavy atom. The Morgan fingerprint density at radius 2 is 2.16 bits per heavy atom. The van der Waals surface area contributed by atoms with Gasteiger partial charge in [-0.25, -0.2) is 9.78 Å². The topological polar surface area (TPSA) is 51.2 Å². The Labute approximate surface area is 114 Å². The molecule has 0 amide bonds. The molecule has 1 aliphatic rings. The van der Waals surface area contributed by atoms with E-state index >= 15 is 0 Å². The number of carbonyl (C=O) groups excluding carboxylic acids is 1. The van der Waals surface area contributed by atoms with Crippen molar-refractivity contribution in [2.45, 2.75) is 45.1 Å². The van der Waals surface area contributed by atoms with Crippen LogP contribution in [0.25, 0.3) is 0 Å². The summed E-state index contributed by atoms with van der Waals surface area (Å²) in [6.07, 6.45) is 8.22. The number of methoxy groups -OCH3 is 1. The minimum Gasteiger partial charge on any atom is -0.465 e. The van der Waals surface area contributed by atoms with Crippen LogP contribution < -0.4 is 5.32 Å². The number of rotatable bonds is 4. The third kappa shape index (κ3) is 3.69. The molecule has 2 rings (SSSR count). The molecule has 4 heteroatoms. The Hall–Kier alpha value is -1.58. The second kappa shape index (κ2) is 6.55. The minimum absolute atomic E-state index is 0.323. The number of aromatic nitrogens is 1. The van der Waals surface area contributed by atoms with E-state index in [2.05, 4.69) is 17.2 Å². The van der Waals surface area contributed by atoms with Gasteiger partial charge in [0.2, 0.25) is 0 Å². The first-order chi connectivity index (χ1) is 9.20. The molecule has 1 saturated carbocycles. The Kier molecular flexibility index (Phi) is 4.77. The summed E-state index contributed by atoms with van der Waals surface area (Å²) in [5.41, 5.74) is 0.538. The van der Waals surface area contributed by atoms with Gasteiger partial charge in [-0.2, -0.15) is 0 Å². The first-order valence-corrected chi connectivity index (χ1v) is 7.01. The predicted molar refractivity (Wildman–Crippen MR) is 75.2 cm³/mol. The van der Waals surface area contributed by atoms with Gasteiger partial charge in [-0.3, -0.25) is 0 Å². The summed E-state index contributed by atoms with van der Waals surface area (Å²) in [5.74, 6) is 1.13. The molecule has 0 aromatic carbocycles. The molecule has 0 aliphatic heterocycles. The third-order valence-electron chi connectivity index (χ3n) is 3.91. The molecule has 1 atom stereocenters. The van der Waals surface area contributed by atoms with Crippen LogP contribution >= 0.6 is 0 Å². The van der Waals surface area contributed by atoms with E-state index in [-0.39, 0.29) is 5.97 Å². The standard InChI is InChI=1S/C15H22N2O2/c1-11(12-6-4-3-5-7-12)17-14-10-13(8-9-16-14)15(18)19-2/h8-12H,3-7H2,1-2H3,(H,16,17). The molecule has 1 heterocycles. The van der Waals surface area contributed by atoms with Gasteiger partial charge in [0, 0.05) is 12.2 Å². The van der Waals surface area contributed by atoms with Gasteiger partial charge in [0.25, 0.3) is 0 Å². The maximum absolute atomic E-state index is 11.5. The molecule has 1 N–H and O–H groups in total. The van der Waals surface area contributed by atoms with E-state index in [1.807, 2.05) is 0 Å². The van der Waals surface area contributed by atoms with Crippen molar-refractivity contribution in [3.05, 3.63) is 23.9 Å². The molecule has 1 fully saturated rings. The summed E-state index contributed by atoms with van der Waals surface area (Å²) in [6.45, 7) is 2.20. The fourth-order valence-corrected chi connectivity index (χ4v) is 2.74. The van der Waals surface area contributed by atoms with Gasteiger partial charge in [-0.1, -0.05) is 19.3 Å². The van der Waals surface area contributed by atoms with Gasteiger partial charge in [0.15, 0.2) is 0 Å². The van der Waals surface area contributed by atoms with E-state index in [9.17, 15) is 4.79 Å². The smallest absolute Gasteiger partial charge is 0.338 e. The van der Waals surface area contributed by atoms with Crippen molar-refractivity contribution in [2.24, 2.45) is 5.92 Å². The third-order valence-corrected chi connectivity index (χ3v) is 3.91. The highest BCUT2D eigenvalue weighted by atomic mass is 16.5. The number of carbonyl (C=O) groups is 1. The molecule has 0 saturated heterocycles. The highest BCUT2D eigenvalue weighted by Crippen LogP contribution is 2.27. The fraction of sp³-hybridized carbons (Fsp3) is 0.600. The molecule has 1 aliphatic carbocycles. The number of nitrogens with zero attached hydrogens (tertiary/aromatic N) is 1. The number of ether oxygens (including phenoxy) is 1. The van der Waals surface area contributed by atoms with E-state index in [0.717, 1.165) is 5.82 Å². The molecule has 19 heavy (non-hydrogen) atoms. The summed E-state index contributed by atoms with van der Waals surface area (Å²) in [7, 11) is 1.39. The lowest BCUT2D eigenvalue weighted by molar-refractivity contribution is 0.0600. The van der Waals surface area contributed by atoms with Gasteiger partial charge >= 0.3 is 5.97 Å². The highest BCUT2D eigenvalue weighted by molar-refractivity contribution is 5.89. The number of nitrogens with one attached hydrogen (secondary N) is 1. The summed E-state index contributed by atoms with van der Waals surface area (Å²) >= 11 is 0. The van der Waals surface area contributed by atoms with Gasteiger partial charge < -0.3 is 10.1 Å². The first-order valence-electron chi connectivity index (χ1n) is 7.01. The molecular formula is C15H22N2O2. The maximum Gasteiger partial charge on any atom is 0.338 e. The summed E-state index contributed by atoms with van der Waals surface area (Å²) in [5, 5.41) is 3.41. The highest BCUT2D eigenvalue weighted by Gasteiger charge is 2.20. The minimum atomic E-state index is -0.323. The first kappa shape index (κ1) is 13.8. The molecule has 104 valence electrons. The molecule has 1 unspecified atom stereocenters. The number of hydrogen-bond acceptors (Lipinski definition) is 4. The van der Waals surface area contributed by atoms with E-state index in [0.29, 0.717) is 17.5 Å². The molecule has 0 bridgehead atoms. The van der Waals surface area contributed by atoms with Crippen LogP contribution in [-0.2, 0) is 4.74 Å². The Morgan fingerprint density at radius 1 is 1.42 bits per heavy atom. The molecule has 4 nitrogen and oxygen atoms in total. The Balaban J connectivity index is 1.99. The lowest BCUT2D eigenvalue weighted by Crippen LogP contribution is -2.28. The van der Waals surface area contributed by atoms with E-state index in [4.69, 9.17) is 4.74 Å². The van der Waals surface area contributed by atoms with Crippen molar-refractivity contribution in [3.63, 3.8) is 0 Å². The monoisotopic (exact) mass is 262 g/mol. The number of pyridine rings is 1. The lowest BCUT2D eigenvalue weighted by Gasteiger charge is -2.28. The van der Waals surface area contributed by atoms with Crippen LogP contribution in [0.15, 0.2) is 18.3 Å². The van der Waals surface area contributed by atoms with Gasteiger partial charge in [0.1, 0.15) is 5.82 Å². The van der Waals surface area contributed by atoms with E-state index in [1.54, 1.807) is 18.3 Å². The maximum atomic E-state index is 11.5. The summed E-state index contributed by atoms with van der Waals surface area (Å²) < 4.78 is 4.72. The quantitative estimate of drug-likeness (QED) is 0.846. The van der Waals surface area contributed by atoms with Gasteiger partial charge in [-0.05, 0) is 37.8 Å². The van der Waals surface area contributed by atoms with Crippen molar-refractivity contribution >= 4 is 11.8 Å². The average molecular weight is 262 g/mol. The molecular weight excluding hydrogens is 240 g/mol. The molecule has 0 radical (unpaired) electrons. The van der Waals surface area contributed by atoms with Crippen molar-refractivity contribution in [3.8, 4) is 0 Å². The molecule has 0 spiro atoms. The van der Waals surface area contributed by atoms with Crippen LogP contribution in [0.4, 0.5) is 5.82 Å². The zero-order chi connectivity index (χ0) is 13.7. The summed E-state index contributed by atoms with van der Waals surface area (Å²) in [4.78, 5) is 15.7. The number of anilines is 1. The molecule has 1 aromatic rings. The second-order valence-corrected chi connectivity index (χ2v) is 5.25. The van der Waals surface area contributed by atoms with Crippen LogP contribution in [-0.4, -0.2) is 24.1 Å². The van der Waals surface area contributed by atoms with Crippen molar-refractivity contribution in [1.82, 2.24) is 4.98 Å². The fourth-order valence-electron chi connectivity index (χ4n) is 2.74. The largest absolute Gasteiger partial charge is 0.465 e. The molecule has 1 aromatic heterocycles. The zero-order valence-corrected chi connectivity index (χ0v) is 11.7. The number of esters is 1. The van der Waals surface area contributed by atoms with E-state index < -0.39 is 0 Å². The van der Waals surface area contributed by atoms with Crippen molar-refractivity contribution in [2.75, 3.05) is 12.4 Å². The second-order valence-electron chi connectivity index (χ2n) is 5.25. The van der Waals surface area contributed by atoms with Crippen molar-refractivity contribution < 1.29 is 9.53 Å². The zero-order valence-electron chi connectivity index (χ0n) is 11.7. The SMILES string of the molecule is COC(=O)c1ccnc(NC(C)C2CCCCC2)c1. The van der Waals surface area contributed by atoms with Crippen LogP contribution in [0.1, 0.15) is 49.4 Å². The van der Waals surface area contributed by atoms with Crippen LogP contribution in [0.3, 0.4) is 0 Å². The van der Waals surface area contributed by atoms with E-state index in [1.165, 1.54) is 39.2 Å². The van der Waals surface area contributed by atoms with Crippen LogP contribution in [0.2, 0.25) is 0 Å². The average Bonchev–Trinajstić information content (AvgIpc) is 2.47. The number of hydrogen-bond donors (Lipinski definition) is 1. The van der Waals surface area contributed by atoms with Crippen molar-refractivity contribution in [1.29, 1.82) is 0 Å². The lowest BCUT2D eigenvalue weighted by atomic mass is 9.84. The van der Waals surface area contributed by atoms with Crippen LogP contribution in [0, 0.1) is 5.92 Å². The predicted octanol–water partition coefficient (Wildman–Crippen LogP) is 3.25. The van der Waals surface area contributed by atoms with Gasteiger partial charge in [-0.15, -0.1) is 0 Å². The summed E-state index contributed by atoms with van der Waals surface area (Å²) in [6, 6.07) is 3.81.